The Hall–Kier alpha value is -0.0800. The maximum absolute atomic E-state index is 5.72. The molecule has 0 amide bonds. The lowest BCUT2D eigenvalue weighted by Gasteiger charge is -2.28. The Morgan fingerprint density at radius 3 is 2.77 bits per heavy atom. The molecule has 0 radical (unpaired) electrons. The molecule has 3 atom stereocenters. The van der Waals surface area contributed by atoms with Gasteiger partial charge in [0.05, 0.1) is 6.10 Å². The van der Waals surface area contributed by atoms with Crippen molar-refractivity contribution in [3.8, 4) is 0 Å². The molecular formula is C11H21NO. The van der Waals surface area contributed by atoms with E-state index in [2.05, 4.69) is 18.7 Å². The van der Waals surface area contributed by atoms with Crippen LogP contribution in [0.3, 0.4) is 0 Å². The van der Waals surface area contributed by atoms with Gasteiger partial charge in [-0.2, -0.15) is 0 Å². The van der Waals surface area contributed by atoms with Crippen LogP contribution in [0.2, 0.25) is 0 Å². The third kappa shape index (κ3) is 2.05. The highest BCUT2D eigenvalue weighted by atomic mass is 16.5. The predicted octanol–water partition coefficient (Wildman–Crippen LogP) is 1.90. The zero-order chi connectivity index (χ0) is 9.26. The molecule has 2 heteroatoms. The average Bonchev–Trinajstić information content (AvgIpc) is 2.72. The molecule has 0 spiro atoms. The summed E-state index contributed by atoms with van der Waals surface area (Å²) in [6, 6.07) is 0.646. The lowest BCUT2D eigenvalue weighted by atomic mass is 10.1. The van der Waals surface area contributed by atoms with Crippen LogP contribution >= 0.6 is 0 Å². The van der Waals surface area contributed by atoms with Crippen LogP contribution in [0, 0.1) is 5.92 Å². The highest BCUT2D eigenvalue weighted by molar-refractivity contribution is 4.84. The molecule has 0 aliphatic carbocycles. The van der Waals surface area contributed by atoms with Crippen LogP contribution in [0.25, 0.3) is 0 Å². The van der Waals surface area contributed by atoms with Crippen molar-refractivity contribution < 1.29 is 4.74 Å². The molecule has 3 unspecified atom stereocenters. The van der Waals surface area contributed by atoms with Crippen molar-refractivity contribution in [3.63, 3.8) is 0 Å². The van der Waals surface area contributed by atoms with Gasteiger partial charge in [-0.3, -0.25) is 4.90 Å². The van der Waals surface area contributed by atoms with E-state index in [0.29, 0.717) is 12.1 Å². The largest absolute Gasteiger partial charge is 0.377 e. The van der Waals surface area contributed by atoms with E-state index in [1.54, 1.807) is 0 Å². The Bertz CT molecular complexity index is 165. The van der Waals surface area contributed by atoms with Gasteiger partial charge in [-0.1, -0.05) is 6.92 Å². The Morgan fingerprint density at radius 2 is 2.23 bits per heavy atom. The molecule has 0 saturated carbocycles. The molecule has 2 aliphatic heterocycles. The number of nitrogens with zero attached hydrogens (tertiary/aromatic N) is 1. The summed E-state index contributed by atoms with van der Waals surface area (Å²) in [5.41, 5.74) is 0. The normalized spacial score (nSPS) is 38.3. The highest BCUT2D eigenvalue weighted by Gasteiger charge is 2.30. The average molecular weight is 183 g/mol. The maximum atomic E-state index is 5.72. The summed E-state index contributed by atoms with van der Waals surface area (Å²) >= 11 is 0. The number of rotatable bonds is 2. The lowest BCUT2D eigenvalue weighted by molar-refractivity contribution is 0.0396. The minimum absolute atomic E-state index is 0.519. The molecule has 0 N–H and O–H groups in total. The summed E-state index contributed by atoms with van der Waals surface area (Å²) in [6.45, 7) is 8.22. The van der Waals surface area contributed by atoms with Crippen LogP contribution in [0.1, 0.15) is 33.1 Å². The van der Waals surface area contributed by atoms with Crippen molar-refractivity contribution in [1.29, 1.82) is 0 Å². The van der Waals surface area contributed by atoms with Gasteiger partial charge in [0.25, 0.3) is 0 Å². The second kappa shape index (κ2) is 3.97. The first-order valence-corrected chi connectivity index (χ1v) is 5.63. The van der Waals surface area contributed by atoms with Gasteiger partial charge in [-0.05, 0) is 38.6 Å². The molecule has 76 valence electrons. The summed E-state index contributed by atoms with van der Waals surface area (Å²) in [6.07, 6.45) is 4.42. The van der Waals surface area contributed by atoms with Crippen molar-refractivity contribution in [3.05, 3.63) is 0 Å². The Labute approximate surface area is 81.3 Å². The number of likely N-dealkylation sites (tertiary alicyclic amines) is 1. The van der Waals surface area contributed by atoms with Crippen LogP contribution in [0.4, 0.5) is 0 Å². The standard InChI is InChI=1S/C11H21NO/c1-9-5-6-12(8-9)10(2)11-4-3-7-13-11/h9-11H,3-8H2,1-2H3. The van der Waals surface area contributed by atoms with Crippen LogP contribution in [-0.2, 0) is 4.74 Å². The fourth-order valence-electron chi connectivity index (χ4n) is 2.56. The zero-order valence-corrected chi connectivity index (χ0v) is 8.83. The van der Waals surface area contributed by atoms with E-state index >= 15 is 0 Å². The van der Waals surface area contributed by atoms with E-state index in [1.165, 1.54) is 32.4 Å². The van der Waals surface area contributed by atoms with E-state index in [-0.39, 0.29) is 0 Å². The van der Waals surface area contributed by atoms with Gasteiger partial charge >= 0.3 is 0 Å². The number of ether oxygens (including phenoxy) is 1. The fourth-order valence-corrected chi connectivity index (χ4v) is 2.56. The van der Waals surface area contributed by atoms with E-state index in [4.69, 9.17) is 4.74 Å². The Morgan fingerprint density at radius 1 is 1.38 bits per heavy atom. The maximum Gasteiger partial charge on any atom is 0.0728 e. The van der Waals surface area contributed by atoms with Crippen molar-refractivity contribution >= 4 is 0 Å². The molecular weight excluding hydrogens is 162 g/mol. The molecule has 2 saturated heterocycles. The first-order chi connectivity index (χ1) is 6.27. The fraction of sp³-hybridized carbons (Fsp3) is 1.00. The van der Waals surface area contributed by atoms with Crippen LogP contribution in [0.5, 0.6) is 0 Å². The quantitative estimate of drug-likeness (QED) is 0.648. The second-order valence-electron chi connectivity index (χ2n) is 4.68. The first kappa shape index (κ1) is 9.47. The first-order valence-electron chi connectivity index (χ1n) is 5.63. The van der Waals surface area contributed by atoms with Gasteiger partial charge in [0.2, 0.25) is 0 Å². The van der Waals surface area contributed by atoms with Crippen LogP contribution in [0.15, 0.2) is 0 Å². The van der Waals surface area contributed by atoms with Gasteiger partial charge in [0.15, 0.2) is 0 Å². The minimum atomic E-state index is 0.519. The van der Waals surface area contributed by atoms with E-state index in [0.717, 1.165) is 12.5 Å². The predicted molar refractivity (Wildman–Crippen MR) is 53.8 cm³/mol. The molecule has 2 nitrogen and oxygen atoms in total. The number of hydrogen-bond acceptors (Lipinski definition) is 2. The van der Waals surface area contributed by atoms with Gasteiger partial charge in [-0.15, -0.1) is 0 Å². The SMILES string of the molecule is CC1CCN(C(C)C2CCCO2)C1. The molecule has 2 heterocycles. The number of hydrogen-bond donors (Lipinski definition) is 0. The zero-order valence-electron chi connectivity index (χ0n) is 8.83. The summed E-state index contributed by atoms with van der Waals surface area (Å²) in [4.78, 5) is 2.60. The van der Waals surface area contributed by atoms with Crippen LogP contribution in [-0.4, -0.2) is 36.7 Å². The van der Waals surface area contributed by atoms with Gasteiger partial charge in [0, 0.05) is 19.2 Å². The Kier molecular flexibility index (Phi) is 2.89. The Balaban J connectivity index is 1.85. The molecule has 2 aliphatic rings. The summed E-state index contributed by atoms with van der Waals surface area (Å²) in [5.74, 6) is 0.892. The van der Waals surface area contributed by atoms with Crippen molar-refractivity contribution in [1.82, 2.24) is 4.90 Å². The smallest absolute Gasteiger partial charge is 0.0728 e. The van der Waals surface area contributed by atoms with E-state index in [9.17, 15) is 0 Å². The third-order valence-corrected chi connectivity index (χ3v) is 3.53. The minimum Gasteiger partial charge on any atom is -0.377 e. The summed E-state index contributed by atoms with van der Waals surface area (Å²) < 4.78 is 5.72. The molecule has 2 fully saturated rings. The molecule has 0 aromatic heterocycles. The summed E-state index contributed by atoms with van der Waals surface area (Å²) in [7, 11) is 0. The van der Waals surface area contributed by atoms with E-state index < -0.39 is 0 Å². The third-order valence-electron chi connectivity index (χ3n) is 3.53. The lowest BCUT2D eigenvalue weighted by Crippen LogP contribution is -2.39. The van der Waals surface area contributed by atoms with E-state index in [1.807, 2.05) is 0 Å². The highest BCUT2D eigenvalue weighted by Crippen LogP contribution is 2.24. The molecule has 2 rings (SSSR count). The molecule has 0 aromatic rings. The van der Waals surface area contributed by atoms with Crippen molar-refractivity contribution in [2.24, 2.45) is 5.92 Å². The second-order valence-corrected chi connectivity index (χ2v) is 4.68. The topological polar surface area (TPSA) is 12.5 Å². The van der Waals surface area contributed by atoms with Crippen molar-refractivity contribution in [2.75, 3.05) is 19.7 Å². The molecule has 13 heavy (non-hydrogen) atoms. The summed E-state index contributed by atoms with van der Waals surface area (Å²) in [5, 5.41) is 0. The van der Waals surface area contributed by atoms with Gasteiger partial charge < -0.3 is 4.74 Å². The molecule has 0 aromatic carbocycles. The van der Waals surface area contributed by atoms with Gasteiger partial charge in [0.1, 0.15) is 0 Å². The van der Waals surface area contributed by atoms with Crippen LogP contribution < -0.4 is 0 Å². The van der Waals surface area contributed by atoms with Crippen molar-refractivity contribution in [2.45, 2.75) is 45.3 Å². The monoisotopic (exact) mass is 183 g/mol. The molecule has 0 bridgehead atoms. The van der Waals surface area contributed by atoms with Gasteiger partial charge in [-0.25, -0.2) is 0 Å².